The molecule has 0 bridgehead atoms. The average molecular weight is 279 g/mol. The molecule has 0 spiro atoms. The maximum absolute atomic E-state index is 9.14. The highest BCUT2D eigenvalue weighted by Crippen LogP contribution is 2.40. The van der Waals surface area contributed by atoms with Gasteiger partial charge in [-0.15, -0.1) is 0 Å². The van der Waals surface area contributed by atoms with Crippen LogP contribution in [0.15, 0.2) is 24.5 Å². The highest BCUT2D eigenvalue weighted by molar-refractivity contribution is 6.32. The Labute approximate surface area is 116 Å². The Morgan fingerprint density at radius 3 is 2.95 bits per heavy atom. The topological polar surface area (TPSA) is 77.0 Å². The lowest BCUT2D eigenvalue weighted by Crippen LogP contribution is -2.15. The van der Waals surface area contributed by atoms with Crippen molar-refractivity contribution in [2.75, 3.05) is 6.61 Å². The van der Waals surface area contributed by atoms with Crippen LogP contribution in [-0.4, -0.2) is 26.5 Å². The molecule has 1 saturated carbocycles. The fourth-order valence-corrected chi connectivity index (χ4v) is 2.28. The Hall–Kier alpha value is -1.43. The zero-order valence-corrected chi connectivity index (χ0v) is 11.1. The van der Waals surface area contributed by atoms with Crippen molar-refractivity contribution in [1.82, 2.24) is 14.8 Å². The predicted octanol–water partition coefficient (Wildman–Crippen LogP) is 1.79. The largest absolute Gasteiger partial charge is 0.394 e. The van der Waals surface area contributed by atoms with Crippen LogP contribution >= 0.6 is 11.6 Å². The summed E-state index contributed by atoms with van der Waals surface area (Å²) >= 11 is 6.24. The van der Waals surface area contributed by atoms with Crippen LogP contribution in [0.4, 0.5) is 0 Å². The lowest BCUT2D eigenvalue weighted by molar-refractivity contribution is 0.268. The third-order valence-corrected chi connectivity index (χ3v) is 3.66. The van der Waals surface area contributed by atoms with Gasteiger partial charge in [-0.3, -0.25) is 0 Å². The molecule has 0 saturated heterocycles. The number of hydrogen-bond donors (Lipinski definition) is 2. The van der Waals surface area contributed by atoms with Crippen LogP contribution < -0.4 is 5.73 Å². The molecule has 19 heavy (non-hydrogen) atoms. The Bertz CT molecular complexity index is 594. The molecule has 3 N–H and O–H groups in total. The first-order valence-electron chi connectivity index (χ1n) is 6.27. The molecule has 0 aliphatic heterocycles. The van der Waals surface area contributed by atoms with Crippen LogP contribution in [0.2, 0.25) is 5.02 Å². The number of aliphatic hydroxyl groups excluding tert-OH is 1. The van der Waals surface area contributed by atoms with Gasteiger partial charge in [0.2, 0.25) is 0 Å². The number of nitrogens with two attached hydrogens (primary N) is 1. The molecule has 1 aromatic heterocycles. The SMILES string of the molecule is NC(CO)c1ccc(Cl)c(-n2ncnc2C2CC2)c1. The molecule has 2 aromatic rings. The van der Waals surface area contributed by atoms with Crippen molar-refractivity contribution in [2.24, 2.45) is 5.73 Å². The fourth-order valence-electron chi connectivity index (χ4n) is 2.08. The summed E-state index contributed by atoms with van der Waals surface area (Å²) in [4.78, 5) is 4.30. The highest BCUT2D eigenvalue weighted by atomic mass is 35.5. The van der Waals surface area contributed by atoms with E-state index >= 15 is 0 Å². The van der Waals surface area contributed by atoms with Gasteiger partial charge in [0.1, 0.15) is 12.2 Å². The van der Waals surface area contributed by atoms with Gasteiger partial charge in [-0.05, 0) is 30.5 Å². The first-order chi connectivity index (χ1) is 9.20. The monoisotopic (exact) mass is 278 g/mol. The first-order valence-corrected chi connectivity index (χ1v) is 6.64. The van der Waals surface area contributed by atoms with Crippen LogP contribution in [0.3, 0.4) is 0 Å². The summed E-state index contributed by atoms with van der Waals surface area (Å²) in [6.45, 7) is -0.103. The van der Waals surface area contributed by atoms with E-state index in [1.165, 1.54) is 0 Å². The van der Waals surface area contributed by atoms with E-state index in [0.29, 0.717) is 10.9 Å². The fraction of sp³-hybridized carbons (Fsp3) is 0.385. The van der Waals surface area contributed by atoms with Crippen LogP contribution in [0.5, 0.6) is 0 Å². The van der Waals surface area contributed by atoms with Gasteiger partial charge in [0.15, 0.2) is 0 Å². The van der Waals surface area contributed by atoms with E-state index in [0.717, 1.165) is 29.9 Å². The Morgan fingerprint density at radius 1 is 1.47 bits per heavy atom. The van der Waals surface area contributed by atoms with Gasteiger partial charge in [0.25, 0.3) is 0 Å². The summed E-state index contributed by atoms with van der Waals surface area (Å²) in [5, 5.41) is 14.0. The summed E-state index contributed by atoms with van der Waals surface area (Å²) in [7, 11) is 0. The molecule has 0 radical (unpaired) electrons. The molecule has 1 aliphatic rings. The molecule has 1 atom stereocenters. The van der Waals surface area contributed by atoms with Crippen molar-refractivity contribution in [3.05, 3.63) is 40.9 Å². The molecular weight excluding hydrogens is 264 g/mol. The zero-order chi connectivity index (χ0) is 13.4. The summed E-state index contributed by atoms with van der Waals surface area (Å²) in [6, 6.07) is 5.05. The lowest BCUT2D eigenvalue weighted by atomic mass is 10.1. The van der Waals surface area contributed by atoms with E-state index in [4.69, 9.17) is 22.4 Å². The van der Waals surface area contributed by atoms with E-state index < -0.39 is 6.04 Å². The van der Waals surface area contributed by atoms with Gasteiger partial charge in [-0.25, -0.2) is 9.67 Å². The minimum absolute atomic E-state index is 0.103. The van der Waals surface area contributed by atoms with Gasteiger partial charge in [0.05, 0.1) is 23.4 Å². The smallest absolute Gasteiger partial charge is 0.138 e. The molecule has 1 aromatic carbocycles. The molecule has 6 heteroatoms. The summed E-state index contributed by atoms with van der Waals surface area (Å²) in [6.07, 6.45) is 3.83. The number of benzene rings is 1. The van der Waals surface area contributed by atoms with Gasteiger partial charge < -0.3 is 10.8 Å². The molecule has 1 heterocycles. The van der Waals surface area contributed by atoms with Crippen LogP contribution in [0.25, 0.3) is 5.69 Å². The van der Waals surface area contributed by atoms with Crippen molar-refractivity contribution < 1.29 is 5.11 Å². The molecular formula is C13H15ClN4O. The molecule has 100 valence electrons. The predicted molar refractivity (Wildman–Crippen MR) is 72.4 cm³/mol. The first kappa shape index (κ1) is 12.6. The zero-order valence-electron chi connectivity index (χ0n) is 10.3. The van der Waals surface area contributed by atoms with Gasteiger partial charge in [0, 0.05) is 5.92 Å². The van der Waals surface area contributed by atoms with Crippen LogP contribution in [-0.2, 0) is 0 Å². The minimum atomic E-state index is -0.413. The summed E-state index contributed by atoms with van der Waals surface area (Å²) < 4.78 is 1.77. The van der Waals surface area contributed by atoms with E-state index in [9.17, 15) is 0 Å². The minimum Gasteiger partial charge on any atom is -0.394 e. The van der Waals surface area contributed by atoms with Crippen molar-refractivity contribution in [1.29, 1.82) is 0 Å². The number of aliphatic hydroxyl groups is 1. The second-order valence-electron chi connectivity index (χ2n) is 4.80. The Balaban J connectivity index is 2.05. The van der Waals surface area contributed by atoms with Crippen LogP contribution in [0, 0.1) is 0 Å². The second-order valence-corrected chi connectivity index (χ2v) is 5.21. The van der Waals surface area contributed by atoms with E-state index in [2.05, 4.69) is 10.1 Å². The van der Waals surface area contributed by atoms with E-state index in [1.807, 2.05) is 12.1 Å². The standard InChI is InChI=1S/C13H15ClN4O/c14-10-4-3-9(11(15)6-19)5-12(10)18-13(8-1-2-8)16-7-17-18/h3-5,7-8,11,19H,1-2,6,15H2. The number of halogens is 1. The molecule has 3 rings (SSSR count). The third-order valence-electron chi connectivity index (χ3n) is 3.34. The third kappa shape index (κ3) is 2.36. The molecule has 1 aliphatic carbocycles. The van der Waals surface area contributed by atoms with Crippen molar-refractivity contribution in [3.63, 3.8) is 0 Å². The van der Waals surface area contributed by atoms with Gasteiger partial charge >= 0.3 is 0 Å². The quantitative estimate of drug-likeness (QED) is 0.894. The van der Waals surface area contributed by atoms with Crippen LogP contribution in [0.1, 0.15) is 36.2 Å². The average Bonchev–Trinajstić information content (AvgIpc) is 3.16. The van der Waals surface area contributed by atoms with E-state index in [-0.39, 0.29) is 6.61 Å². The Kier molecular flexibility index (Phi) is 3.26. The lowest BCUT2D eigenvalue weighted by Gasteiger charge is -2.13. The number of nitrogens with zero attached hydrogens (tertiary/aromatic N) is 3. The second kappa shape index (κ2) is 4.92. The normalized spacial score (nSPS) is 16.6. The number of hydrogen-bond acceptors (Lipinski definition) is 4. The number of rotatable bonds is 4. The van der Waals surface area contributed by atoms with Crippen molar-refractivity contribution >= 4 is 11.6 Å². The van der Waals surface area contributed by atoms with Gasteiger partial charge in [-0.1, -0.05) is 17.7 Å². The molecule has 0 amide bonds. The van der Waals surface area contributed by atoms with Crippen molar-refractivity contribution in [3.8, 4) is 5.69 Å². The highest BCUT2D eigenvalue weighted by Gasteiger charge is 2.29. The summed E-state index contributed by atoms with van der Waals surface area (Å²) in [5.41, 5.74) is 7.44. The molecule has 1 fully saturated rings. The maximum atomic E-state index is 9.14. The number of aromatic nitrogens is 3. The maximum Gasteiger partial charge on any atom is 0.138 e. The molecule has 5 nitrogen and oxygen atoms in total. The Morgan fingerprint density at radius 2 is 2.26 bits per heavy atom. The summed E-state index contributed by atoms with van der Waals surface area (Å²) in [5.74, 6) is 1.42. The van der Waals surface area contributed by atoms with E-state index in [1.54, 1.807) is 17.1 Å². The van der Waals surface area contributed by atoms with Crippen molar-refractivity contribution in [2.45, 2.75) is 24.8 Å². The molecule has 1 unspecified atom stereocenters. The van der Waals surface area contributed by atoms with Gasteiger partial charge in [-0.2, -0.15) is 5.10 Å².